The van der Waals surface area contributed by atoms with Crippen LogP contribution in [0.15, 0.2) is 45.7 Å². The molecule has 0 spiro atoms. The van der Waals surface area contributed by atoms with E-state index in [0.29, 0.717) is 34.9 Å². The molecule has 1 saturated heterocycles. The molecule has 2 heterocycles. The molecule has 0 radical (unpaired) electrons. The molecule has 1 fully saturated rings. The van der Waals surface area contributed by atoms with Gasteiger partial charge < -0.3 is 13.9 Å². The fourth-order valence-corrected chi connectivity index (χ4v) is 5.51. The maximum atomic E-state index is 13.3. The van der Waals surface area contributed by atoms with Crippen molar-refractivity contribution in [2.24, 2.45) is 0 Å². The van der Waals surface area contributed by atoms with E-state index >= 15 is 0 Å². The summed E-state index contributed by atoms with van der Waals surface area (Å²) in [6.07, 6.45) is 1.00. The van der Waals surface area contributed by atoms with Crippen LogP contribution in [0, 0.1) is 0 Å². The van der Waals surface area contributed by atoms with Crippen LogP contribution in [0.3, 0.4) is 0 Å². The number of methoxy groups -OCH3 is 2. The lowest BCUT2D eigenvalue weighted by Crippen LogP contribution is -2.38. The number of aromatic nitrogens is 1. The van der Waals surface area contributed by atoms with Gasteiger partial charge in [-0.3, -0.25) is 0 Å². The van der Waals surface area contributed by atoms with Crippen LogP contribution >= 0.6 is 11.6 Å². The van der Waals surface area contributed by atoms with Gasteiger partial charge in [-0.2, -0.15) is 4.31 Å². The predicted octanol–water partition coefficient (Wildman–Crippen LogP) is 3.62. The molecule has 2 aromatic carbocycles. The number of hydrogen-bond acceptors (Lipinski definition) is 8. The third-order valence-electron chi connectivity index (χ3n) is 5.56. The van der Waals surface area contributed by atoms with Gasteiger partial charge in [-0.25, -0.2) is 23.0 Å². The lowest BCUT2D eigenvalue weighted by Gasteiger charge is -2.30. The summed E-state index contributed by atoms with van der Waals surface area (Å²) in [7, 11) is -1.63. The summed E-state index contributed by atoms with van der Waals surface area (Å²) in [4.78, 5) is 28.4. The van der Waals surface area contributed by atoms with Gasteiger partial charge in [0.1, 0.15) is 5.52 Å². The summed E-state index contributed by atoms with van der Waals surface area (Å²) in [5.41, 5.74) is 1.17. The molecular weight excluding hydrogens is 472 g/mol. The Morgan fingerprint density at radius 2 is 1.64 bits per heavy atom. The minimum Gasteiger partial charge on any atom is -0.465 e. The van der Waals surface area contributed by atoms with Crippen LogP contribution in [0.4, 0.5) is 0 Å². The van der Waals surface area contributed by atoms with Crippen LogP contribution in [-0.4, -0.2) is 57.0 Å². The third-order valence-corrected chi connectivity index (χ3v) is 7.67. The number of benzene rings is 2. The Hall–Kier alpha value is -2.95. The van der Waals surface area contributed by atoms with Gasteiger partial charge in [0.2, 0.25) is 10.0 Å². The summed E-state index contributed by atoms with van der Waals surface area (Å²) in [6, 6.07) is 8.83. The number of nitrogens with zero attached hydrogens (tertiary/aromatic N) is 2. The maximum absolute atomic E-state index is 13.3. The standard InChI is InChI=1S/C22H21ClN2O7S/c1-30-21(26)14-9-15(22(27)31-2)11-17(10-14)33(28,29)25-7-5-13(6-8-25)20-24-18-12-16(23)3-4-19(18)32-20/h3-4,9-13H,5-8H2,1-2H3. The quantitative estimate of drug-likeness (QED) is 0.496. The number of ether oxygens (including phenoxy) is 2. The smallest absolute Gasteiger partial charge is 0.337 e. The average molecular weight is 493 g/mol. The molecule has 1 aliphatic heterocycles. The highest BCUT2D eigenvalue weighted by Crippen LogP contribution is 2.33. The van der Waals surface area contributed by atoms with Gasteiger partial charge in [0, 0.05) is 24.0 Å². The molecule has 1 aromatic heterocycles. The first-order chi connectivity index (χ1) is 15.7. The number of carbonyl (C=O) groups is 2. The zero-order valence-corrected chi connectivity index (χ0v) is 19.5. The molecule has 0 saturated carbocycles. The monoisotopic (exact) mass is 492 g/mol. The molecule has 0 aliphatic carbocycles. The van der Waals surface area contributed by atoms with Gasteiger partial charge in [0.25, 0.3) is 0 Å². The third kappa shape index (κ3) is 4.59. The SMILES string of the molecule is COC(=O)c1cc(C(=O)OC)cc(S(=O)(=O)N2CCC(c3nc4cc(Cl)ccc4o3)CC2)c1. The molecule has 1 aliphatic rings. The lowest BCUT2D eigenvalue weighted by molar-refractivity contribution is 0.0598. The maximum Gasteiger partial charge on any atom is 0.337 e. The fourth-order valence-electron chi connectivity index (χ4n) is 3.80. The lowest BCUT2D eigenvalue weighted by atomic mass is 9.98. The van der Waals surface area contributed by atoms with E-state index in [2.05, 4.69) is 14.5 Å². The van der Waals surface area contributed by atoms with E-state index in [1.165, 1.54) is 36.7 Å². The van der Waals surface area contributed by atoms with Crippen molar-refractivity contribution >= 4 is 44.7 Å². The Labute approximate surface area is 195 Å². The topological polar surface area (TPSA) is 116 Å². The predicted molar refractivity (Wildman–Crippen MR) is 119 cm³/mol. The number of esters is 2. The molecule has 0 unspecified atom stereocenters. The van der Waals surface area contributed by atoms with Crippen molar-refractivity contribution in [1.82, 2.24) is 9.29 Å². The zero-order valence-electron chi connectivity index (χ0n) is 17.9. The Kier molecular flexibility index (Phi) is 6.42. The van der Waals surface area contributed by atoms with E-state index in [-0.39, 0.29) is 35.0 Å². The molecule has 3 aromatic rings. The zero-order chi connectivity index (χ0) is 23.8. The number of hydrogen-bond donors (Lipinski definition) is 0. The molecule has 0 bridgehead atoms. The first-order valence-electron chi connectivity index (χ1n) is 10.1. The number of piperidine rings is 1. The molecule has 0 amide bonds. The molecule has 33 heavy (non-hydrogen) atoms. The second kappa shape index (κ2) is 9.12. The van der Waals surface area contributed by atoms with Gasteiger partial charge in [-0.05, 0) is 49.2 Å². The van der Waals surface area contributed by atoms with E-state index in [9.17, 15) is 18.0 Å². The Bertz CT molecular complexity index is 1290. The number of oxazole rings is 1. The first-order valence-corrected chi connectivity index (χ1v) is 11.9. The van der Waals surface area contributed by atoms with Crippen molar-refractivity contribution in [2.75, 3.05) is 27.3 Å². The van der Waals surface area contributed by atoms with Gasteiger partial charge in [-0.15, -0.1) is 0 Å². The molecule has 0 N–H and O–H groups in total. The van der Waals surface area contributed by atoms with Crippen molar-refractivity contribution in [3.8, 4) is 0 Å². The van der Waals surface area contributed by atoms with E-state index in [0.717, 1.165) is 0 Å². The van der Waals surface area contributed by atoms with Crippen molar-refractivity contribution in [3.63, 3.8) is 0 Å². The number of sulfonamides is 1. The number of fused-ring (bicyclic) bond motifs is 1. The minimum atomic E-state index is -3.98. The highest BCUT2D eigenvalue weighted by Gasteiger charge is 2.33. The van der Waals surface area contributed by atoms with Crippen molar-refractivity contribution in [1.29, 1.82) is 0 Å². The summed E-state index contributed by atoms with van der Waals surface area (Å²) >= 11 is 6.01. The molecule has 11 heteroatoms. The van der Waals surface area contributed by atoms with Gasteiger partial charge >= 0.3 is 11.9 Å². The molecule has 9 nitrogen and oxygen atoms in total. The van der Waals surface area contributed by atoms with Crippen LogP contribution in [0.1, 0.15) is 45.4 Å². The van der Waals surface area contributed by atoms with Gasteiger partial charge in [0.15, 0.2) is 11.5 Å². The van der Waals surface area contributed by atoms with E-state index < -0.39 is 22.0 Å². The molecule has 0 atom stereocenters. The highest BCUT2D eigenvalue weighted by molar-refractivity contribution is 7.89. The van der Waals surface area contributed by atoms with Crippen molar-refractivity contribution in [2.45, 2.75) is 23.7 Å². The second-order valence-electron chi connectivity index (χ2n) is 7.57. The Morgan fingerprint density at radius 1 is 1.03 bits per heavy atom. The number of carbonyl (C=O) groups excluding carboxylic acids is 2. The average Bonchev–Trinajstić information content (AvgIpc) is 3.26. The molecular formula is C22H21ClN2O7S. The molecule has 4 rings (SSSR count). The van der Waals surface area contributed by atoms with Crippen LogP contribution in [0.2, 0.25) is 5.02 Å². The van der Waals surface area contributed by atoms with Gasteiger partial charge in [0.05, 0.1) is 30.2 Å². The number of rotatable bonds is 5. The van der Waals surface area contributed by atoms with Crippen molar-refractivity contribution < 1.29 is 31.9 Å². The normalized spacial score (nSPS) is 15.5. The highest BCUT2D eigenvalue weighted by atomic mass is 35.5. The van der Waals surface area contributed by atoms with E-state index in [4.69, 9.17) is 16.0 Å². The minimum absolute atomic E-state index is 0.0466. The largest absolute Gasteiger partial charge is 0.465 e. The second-order valence-corrected chi connectivity index (χ2v) is 9.95. The Morgan fingerprint density at radius 3 is 2.21 bits per heavy atom. The summed E-state index contributed by atoms with van der Waals surface area (Å²) in [6.45, 7) is 0.449. The first kappa shape index (κ1) is 23.2. The van der Waals surface area contributed by atoms with Crippen LogP contribution in [-0.2, 0) is 19.5 Å². The summed E-state index contributed by atoms with van der Waals surface area (Å²) in [5.74, 6) is -1.02. The van der Waals surface area contributed by atoms with Crippen LogP contribution < -0.4 is 0 Å². The van der Waals surface area contributed by atoms with Crippen molar-refractivity contribution in [3.05, 3.63) is 58.4 Å². The van der Waals surface area contributed by atoms with Crippen LogP contribution in [0.25, 0.3) is 11.1 Å². The van der Waals surface area contributed by atoms with Gasteiger partial charge in [-0.1, -0.05) is 11.6 Å². The Balaban J connectivity index is 1.57. The van der Waals surface area contributed by atoms with E-state index in [1.807, 2.05) is 0 Å². The van der Waals surface area contributed by atoms with Crippen LogP contribution in [0.5, 0.6) is 0 Å². The fraction of sp³-hybridized carbons (Fsp3) is 0.318. The molecule has 174 valence electrons. The number of halogens is 1. The van der Waals surface area contributed by atoms with E-state index in [1.54, 1.807) is 18.2 Å². The summed E-state index contributed by atoms with van der Waals surface area (Å²) in [5, 5.41) is 0.559. The summed E-state index contributed by atoms with van der Waals surface area (Å²) < 4.78 is 43.1.